The molecule has 1 aromatic heterocycles. The Kier molecular flexibility index (Phi) is 6.99. The maximum Gasteiger partial charge on any atom is 0.196 e. The fourth-order valence-electron chi connectivity index (χ4n) is 4.03. The van der Waals surface area contributed by atoms with E-state index in [1.165, 1.54) is 5.56 Å². The van der Waals surface area contributed by atoms with Crippen molar-refractivity contribution >= 4 is 15.6 Å². The molecule has 0 bridgehead atoms. The summed E-state index contributed by atoms with van der Waals surface area (Å²) in [6.07, 6.45) is 0.730. The van der Waals surface area contributed by atoms with E-state index in [-0.39, 0.29) is 10.3 Å². The lowest BCUT2D eigenvalue weighted by Gasteiger charge is -2.15. The van der Waals surface area contributed by atoms with Crippen LogP contribution < -0.4 is 0 Å². The number of aryl methyl sites for hydroxylation is 4. The molecule has 0 unspecified atom stereocenters. The fourth-order valence-corrected chi connectivity index (χ4v) is 5.30. The van der Waals surface area contributed by atoms with Crippen molar-refractivity contribution in [3.05, 3.63) is 81.7 Å². The van der Waals surface area contributed by atoms with Crippen LogP contribution in [0.4, 0.5) is 0 Å². The highest BCUT2D eigenvalue weighted by molar-refractivity contribution is 7.92. The average molecular weight is 467 g/mol. The first kappa shape index (κ1) is 24.9. The fraction of sp³-hybridized carbons (Fsp3) is 0.407. The number of sulfone groups is 1. The van der Waals surface area contributed by atoms with Gasteiger partial charge in [0.1, 0.15) is 11.4 Å². The van der Waals surface area contributed by atoms with Crippen molar-refractivity contribution in [1.82, 2.24) is 9.78 Å². The van der Waals surface area contributed by atoms with E-state index >= 15 is 0 Å². The number of carbonyl (C=O) groups is 1. The Labute approximate surface area is 197 Å². The smallest absolute Gasteiger partial charge is 0.196 e. The normalized spacial score (nSPS) is 12.2. The van der Waals surface area contributed by atoms with Crippen LogP contribution in [-0.4, -0.2) is 29.7 Å². The SMILES string of the molecule is CCc1cccc(S(=O)(=O)CC(=O)c2cc(C(C)(C)C)nn2Cc2c(C)cc(C)cc2C)c1. The Morgan fingerprint density at radius 2 is 1.64 bits per heavy atom. The minimum absolute atomic E-state index is 0.183. The van der Waals surface area contributed by atoms with E-state index in [0.717, 1.165) is 34.4 Å². The highest BCUT2D eigenvalue weighted by Gasteiger charge is 2.27. The van der Waals surface area contributed by atoms with Crippen molar-refractivity contribution in [2.75, 3.05) is 5.75 Å². The zero-order valence-electron chi connectivity index (χ0n) is 20.7. The number of benzene rings is 2. The summed E-state index contributed by atoms with van der Waals surface area (Å²) >= 11 is 0. The van der Waals surface area contributed by atoms with E-state index in [0.29, 0.717) is 12.2 Å². The molecule has 33 heavy (non-hydrogen) atoms. The van der Waals surface area contributed by atoms with Crippen molar-refractivity contribution in [1.29, 1.82) is 0 Å². The van der Waals surface area contributed by atoms with Gasteiger partial charge >= 0.3 is 0 Å². The van der Waals surface area contributed by atoms with Gasteiger partial charge in [0.05, 0.1) is 17.1 Å². The molecule has 0 aliphatic carbocycles. The van der Waals surface area contributed by atoms with E-state index in [1.807, 2.05) is 33.8 Å². The molecule has 176 valence electrons. The average Bonchev–Trinajstić information content (AvgIpc) is 3.15. The quantitative estimate of drug-likeness (QED) is 0.439. The molecule has 2 aromatic carbocycles. The Balaban J connectivity index is 2.01. The summed E-state index contributed by atoms with van der Waals surface area (Å²) in [4.78, 5) is 13.5. The third-order valence-electron chi connectivity index (χ3n) is 5.97. The molecule has 3 rings (SSSR count). The van der Waals surface area contributed by atoms with Crippen LogP contribution in [0.15, 0.2) is 47.4 Å². The summed E-state index contributed by atoms with van der Waals surface area (Å²) in [7, 11) is -3.77. The Hall–Kier alpha value is -2.73. The highest BCUT2D eigenvalue weighted by atomic mass is 32.2. The predicted molar refractivity (Wildman–Crippen MR) is 133 cm³/mol. The molecule has 0 radical (unpaired) electrons. The molecule has 5 nitrogen and oxygen atoms in total. The van der Waals surface area contributed by atoms with E-state index < -0.39 is 21.4 Å². The van der Waals surface area contributed by atoms with Crippen LogP contribution in [0.25, 0.3) is 0 Å². The standard InChI is InChI=1S/C27H34N2O3S/c1-8-21-10-9-11-22(14-21)33(31,32)17-25(30)24-15-26(27(5,6)7)28-29(24)16-23-19(3)12-18(2)13-20(23)4/h9-15H,8,16-17H2,1-7H3. The molecular formula is C27H34N2O3S. The van der Waals surface area contributed by atoms with Crippen molar-refractivity contribution < 1.29 is 13.2 Å². The molecule has 0 aliphatic rings. The Morgan fingerprint density at radius 3 is 2.21 bits per heavy atom. The number of Topliss-reactive ketones (excluding diaryl/α,β-unsaturated/α-hetero) is 1. The summed E-state index contributed by atoms with van der Waals surface area (Å²) in [6.45, 7) is 14.6. The second-order valence-electron chi connectivity index (χ2n) is 9.88. The number of nitrogens with zero attached hydrogens (tertiary/aromatic N) is 2. The molecule has 0 fully saturated rings. The summed E-state index contributed by atoms with van der Waals surface area (Å²) in [6, 6.07) is 12.8. The summed E-state index contributed by atoms with van der Waals surface area (Å²) < 4.78 is 27.8. The monoisotopic (exact) mass is 466 g/mol. The van der Waals surface area contributed by atoms with Gasteiger partial charge in [-0.25, -0.2) is 8.42 Å². The Bertz CT molecular complexity index is 1270. The first-order chi connectivity index (χ1) is 15.3. The van der Waals surface area contributed by atoms with Gasteiger partial charge in [-0.2, -0.15) is 5.10 Å². The maximum atomic E-state index is 13.3. The molecule has 1 heterocycles. The molecule has 0 aliphatic heterocycles. The summed E-state index contributed by atoms with van der Waals surface area (Å²) in [5, 5.41) is 4.73. The number of ketones is 1. The zero-order valence-corrected chi connectivity index (χ0v) is 21.5. The van der Waals surface area contributed by atoms with Gasteiger partial charge in [0.15, 0.2) is 15.6 Å². The van der Waals surface area contributed by atoms with E-state index in [2.05, 4.69) is 32.9 Å². The molecule has 0 saturated heterocycles. The van der Waals surface area contributed by atoms with Gasteiger partial charge in [-0.1, -0.05) is 57.5 Å². The van der Waals surface area contributed by atoms with Crippen LogP contribution in [-0.2, 0) is 28.2 Å². The molecule has 0 spiro atoms. The Morgan fingerprint density at radius 1 is 1.00 bits per heavy atom. The van der Waals surface area contributed by atoms with Gasteiger partial charge in [-0.15, -0.1) is 0 Å². The third kappa shape index (κ3) is 5.61. The lowest BCUT2D eigenvalue weighted by Crippen LogP contribution is -2.21. The first-order valence-electron chi connectivity index (χ1n) is 11.3. The van der Waals surface area contributed by atoms with E-state index in [9.17, 15) is 13.2 Å². The van der Waals surface area contributed by atoms with Gasteiger partial charge in [0, 0.05) is 5.41 Å². The number of hydrogen-bond donors (Lipinski definition) is 0. The lowest BCUT2D eigenvalue weighted by molar-refractivity contribution is 0.101. The van der Waals surface area contributed by atoms with E-state index in [1.54, 1.807) is 28.9 Å². The van der Waals surface area contributed by atoms with Crippen LogP contribution in [0, 0.1) is 20.8 Å². The molecule has 0 N–H and O–H groups in total. The molecule has 3 aromatic rings. The number of hydrogen-bond acceptors (Lipinski definition) is 4. The second kappa shape index (κ2) is 9.26. The van der Waals surface area contributed by atoms with Crippen LogP contribution in [0.2, 0.25) is 0 Å². The van der Waals surface area contributed by atoms with Gasteiger partial charge in [-0.05, 0) is 67.6 Å². The second-order valence-corrected chi connectivity index (χ2v) is 11.9. The molecule has 6 heteroatoms. The van der Waals surface area contributed by atoms with Gasteiger partial charge in [-0.3, -0.25) is 9.48 Å². The maximum absolute atomic E-state index is 13.3. The van der Waals surface area contributed by atoms with Crippen LogP contribution in [0.5, 0.6) is 0 Å². The highest BCUT2D eigenvalue weighted by Crippen LogP contribution is 2.25. The summed E-state index contributed by atoms with van der Waals surface area (Å²) in [5.74, 6) is -1.02. The zero-order chi connectivity index (χ0) is 24.6. The molecule has 0 atom stereocenters. The van der Waals surface area contributed by atoms with Crippen LogP contribution in [0.1, 0.15) is 71.7 Å². The van der Waals surface area contributed by atoms with Crippen LogP contribution in [0.3, 0.4) is 0 Å². The van der Waals surface area contributed by atoms with E-state index in [4.69, 9.17) is 5.10 Å². The van der Waals surface area contributed by atoms with Gasteiger partial charge < -0.3 is 0 Å². The van der Waals surface area contributed by atoms with Gasteiger partial charge in [0.2, 0.25) is 0 Å². The minimum atomic E-state index is -3.77. The van der Waals surface area contributed by atoms with Crippen molar-refractivity contribution in [3.63, 3.8) is 0 Å². The number of carbonyl (C=O) groups excluding carboxylic acids is 1. The third-order valence-corrected chi connectivity index (χ3v) is 7.58. The number of aromatic nitrogens is 2. The number of rotatable bonds is 7. The van der Waals surface area contributed by atoms with Crippen molar-refractivity contribution in [2.45, 2.75) is 71.7 Å². The minimum Gasteiger partial charge on any atom is -0.291 e. The molecular weight excluding hydrogens is 432 g/mol. The predicted octanol–water partition coefficient (Wildman–Crippen LogP) is 5.37. The van der Waals surface area contributed by atoms with Crippen LogP contribution >= 0.6 is 0 Å². The topological polar surface area (TPSA) is 69.0 Å². The van der Waals surface area contributed by atoms with Crippen molar-refractivity contribution in [2.24, 2.45) is 0 Å². The first-order valence-corrected chi connectivity index (χ1v) is 13.0. The largest absolute Gasteiger partial charge is 0.291 e. The molecule has 0 saturated carbocycles. The lowest BCUT2D eigenvalue weighted by atomic mass is 9.92. The molecule has 0 amide bonds. The van der Waals surface area contributed by atoms with Gasteiger partial charge in [0.25, 0.3) is 0 Å². The van der Waals surface area contributed by atoms with Crippen molar-refractivity contribution in [3.8, 4) is 0 Å². The summed E-state index contributed by atoms with van der Waals surface area (Å²) in [5.41, 5.74) is 6.27.